The summed E-state index contributed by atoms with van der Waals surface area (Å²) in [5, 5.41) is 0. The first-order valence-electron chi connectivity index (χ1n) is 5.27. The van der Waals surface area contributed by atoms with Crippen LogP contribution in [0.2, 0.25) is 5.82 Å². The summed E-state index contributed by atoms with van der Waals surface area (Å²) in [6, 6.07) is 0. The molecule has 5 heteroatoms. The highest BCUT2D eigenvalue weighted by Gasteiger charge is 2.30. The lowest BCUT2D eigenvalue weighted by molar-refractivity contribution is -0.166. The molecule has 0 aromatic carbocycles. The van der Waals surface area contributed by atoms with Gasteiger partial charge in [-0.25, -0.2) is 4.81 Å². The Morgan fingerprint density at radius 1 is 1.35 bits per heavy atom. The summed E-state index contributed by atoms with van der Waals surface area (Å²) in [4.78, 5) is 21.1. The molecule has 0 aromatic rings. The third kappa shape index (κ3) is 6.42. The Bertz CT molecular complexity index is 335. The molecule has 0 aliphatic heterocycles. The Kier molecular flexibility index (Phi) is 7.55. The number of nitrogens with two attached hydrogens (primary N) is 1. The zero-order valence-electron chi connectivity index (χ0n) is 10.3. The number of carbonyl (C=O) groups is 1. The number of rotatable bonds is 8. The summed E-state index contributed by atoms with van der Waals surface area (Å²) in [6.07, 6.45) is 8.04. The van der Waals surface area contributed by atoms with Gasteiger partial charge >= 0.3 is 6.92 Å². The van der Waals surface area contributed by atoms with Gasteiger partial charge in [0.15, 0.2) is 5.76 Å². The Morgan fingerprint density at radius 2 is 2.00 bits per heavy atom. The van der Waals surface area contributed by atoms with Crippen molar-refractivity contribution in [2.45, 2.75) is 19.7 Å². The van der Waals surface area contributed by atoms with Crippen molar-refractivity contribution in [3.05, 3.63) is 49.3 Å². The topological polar surface area (TPSA) is 61.6 Å². The van der Waals surface area contributed by atoms with E-state index in [2.05, 4.69) is 13.2 Å². The van der Waals surface area contributed by atoms with Crippen molar-refractivity contribution >= 4 is 12.7 Å². The van der Waals surface area contributed by atoms with Crippen LogP contribution < -0.4 is 5.73 Å². The zero-order valence-corrected chi connectivity index (χ0v) is 10.3. The molecule has 0 bridgehead atoms. The van der Waals surface area contributed by atoms with Crippen LogP contribution in [0.4, 0.5) is 4.79 Å². The van der Waals surface area contributed by atoms with Gasteiger partial charge in [-0.05, 0) is 18.0 Å². The summed E-state index contributed by atoms with van der Waals surface area (Å²) in [6.45, 7) is 9.91. The normalized spacial score (nSPS) is 11.6. The van der Waals surface area contributed by atoms with E-state index in [9.17, 15) is 4.79 Å². The average Bonchev–Trinajstić information content (AvgIpc) is 2.24. The number of amides is 1. The molecule has 2 N–H and O–H groups in total. The average molecular weight is 235 g/mol. The molecule has 4 nitrogen and oxygen atoms in total. The number of primary amides is 1. The van der Waals surface area contributed by atoms with Crippen molar-refractivity contribution in [1.82, 2.24) is 0 Å². The van der Waals surface area contributed by atoms with Crippen LogP contribution in [0.1, 0.15) is 13.8 Å². The molecule has 0 aliphatic carbocycles. The molecule has 0 unspecified atom stereocenters. The Labute approximate surface area is 103 Å². The molecular formula is C12H18BNO3. The van der Waals surface area contributed by atoms with E-state index in [0.29, 0.717) is 5.76 Å². The molecule has 0 spiro atoms. The van der Waals surface area contributed by atoms with Gasteiger partial charge in [-0.1, -0.05) is 45.2 Å². The van der Waals surface area contributed by atoms with Gasteiger partial charge < -0.3 is 10.6 Å². The van der Waals surface area contributed by atoms with E-state index >= 15 is 0 Å². The van der Waals surface area contributed by atoms with Crippen LogP contribution in [0, 0.1) is 0 Å². The van der Waals surface area contributed by atoms with Gasteiger partial charge in [0.2, 0.25) is 5.81 Å². The van der Waals surface area contributed by atoms with Gasteiger partial charge in [0.25, 0.3) is 0 Å². The summed E-state index contributed by atoms with van der Waals surface area (Å²) in [5.74, 6) is -0.224. The highest BCUT2D eigenvalue weighted by molar-refractivity contribution is 6.85. The number of hydrogen-bond acceptors (Lipinski definition) is 3. The first-order chi connectivity index (χ1) is 8.02. The van der Waals surface area contributed by atoms with Crippen molar-refractivity contribution in [3.63, 3.8) is 0 Å². The van der Waals surface area contributed by atoms with Gasteiger partial charge in [-0.2, -0.15) is 0 Å². The maximum absolute atomic E-state index is 11.1. The summed E-state index contributed by atoms with van der Waals surface area (Å²) < 4.78 is 0. The molecule has 0 radical (unpaired) electrons. The van der Waals surface area contributed by atoms with E-state index in [1.54, 1.807) is 30.4 Å². The van der Waals surface area contributed by atoms with Gasteiger partial charge in [-0.3, -0.25) is 4.79 Å². The largest absolute Gasteiger partial charge is 0.457 e. The molecule has 0 aliphatic rings. The van der Waals surface area contributed by atoms with E-state index in [1.807, 2.05) is 13.8 Å². The Morgan fingerprint density at radius 3 is 2.41 bits per heavy atom. The smallest absolute Gasteiger partial charge is 0.375 e. The predicted octanol–water partition coefficient (Wildman–Crippen LogP) is 2.81. The monoisotopic (exact) mass is 235 g/mol. The van der Waals surface area contributed by atoms with Crippen LogP contribution in [-0.2, 0) is 9.69 Å². The molecule has 0 fully saturated rings. The summed E-state index contributed by atoms with van der Waals surface area (Å²) in [5.41, 5.74) is 5.18. The van der Waals surface area contributed by atoms with Crippen molar-refractivity contribution in [3.8, 4) is 0 Å². The van der Waals surface area contributed by atoms with Crippen LogP contribution >= 0.6 is 0 Å². The van der Waals surface area contributed by atoms with E-state index in [1.165, 1.54) is 0 Å². The number of allylic oxidation sites excluding steroid dienone is 5. The third-order valence-electron chi connectivity index (χ3n) is 1.81. The second-order valence-corrected chi connectivity index (χ2v) is 3.65. The predicted molar refractivity (Wildman–Crippen MR) is 70.2 cm³/mol. The molecule has 0 saturated carbocycles. The lowest BCUT2D eigenvalue weighted by atomic mass is 9.57. The Balaban J connectivity index is 4.52. The second-order valence-electron chi connectivity index (χ2n) is 3.65. The van der Waals surface area contributed by atoms with Crippen LogP contribution in [-0.4, -0.2) is 12.7 Å². The fourth-order valence-corrected chi connectivity index (χ4v) is 0.985. The fourth-order valence-electron chi connectivity index (χ4n) is 0.985. The first-order valence-corrected chi connectivity index (χ1v) is 5.27. The summed E-state index contributed by atoms with van der Waals surface area (Å²) >= 11 is 0. The third-order valence-corrected chi connectivity index (χ3v) is 1.81. The number of hydrogen-bond donors (Lipinski definition) is 1. The van der Waals surface area contributed by atoms with Gasteiger partial charge in [0.1, 0.15) is 0 Å². The molecule has 92 valence electrons. The van der Waals surface area contributed by atoms with Crippen LogP contribution in [0.15, 0.2) is 49.3 Å². The SMILES string of the molecule is C=C/C=C\C(=C/C=C)OOB(C(N)=O)C(C)C. The van der Waals surface area contributed by atoms with Crippen LogP contribution in [0.25, 0.3) is 0 Å². The quantitative estimate of drug-likeness (QED) is 0.231. The van der Waals surface area contributed by atoms with Gasteiger partial charge in [0.05, 0.1) is 0 Å². The van der Waals surface area contributed by atoms with E-state index < -0.39 is 12.7 Å². The minimum absolute atomic E-state index is 0.0686. The fraction of sp³-hybridized carbons (Fsp3) is 0.250. The molecule has 17 heavy (non-hydrogen) atoms. The van der Waals surface area contributed by atoms with Crippen molar-refractivity contribution in [2.75, 3.05) is 0 Å². The first kappa shape index (κ1) is 15.3. The minimum atomic E-state index is -0.791. The molecule has 0 aromatic heterocycles. The zero-order chi connectivity index (χ0) is 13.3. The summed E-state index contributed by atoms with van der Waals surface area (Å²) in [7, 11) is 0. The van der Waals surface area contributed by atoms with Crippen molar-refractivity contribution in [2.24, 2.45) is 5.73 Å². The van der Waals surface area contributed by atoms with E-state index in [-0.39, 0.29) is 5.82 Å². The standard InChI is InChI=1S/C12H18BNO3/c1-5-7-9-11(8-6-2)16-17-13(10(3)4)12(14)15/h5-10H,1-2H2,3-4H3,(H2,14,15)/b9-7-,11-8+. The van der Waals surface area contributed by atoms with Crippen molar-refractivity contribution in [1.29, 1.82) is 0 Å². The maximum Gasteiger partial charge on any atom is 0.457 e. The molecule has 0 rings (SSSR count). The molecule has 0 saturated heterocycles. The maximum atomic E-state index is 11.1. The highest BCUT2D eigenvalue weighted by Crippen LogP contribution is 2.12. The molecule has 0 atom stereocenters. The van der Waals surface area contributed by atoms with Crippen molar-refractivity contribution < 1.29 is 14.5 Å². The lowest BCUT2D eigenvalue weighted by Gasteiger charge is -2.13. The minimum Gasteiger partial charge on any atom is -0.375 e. The molecule has 0 heterocycles. The Hall–Kier alpha value is -1.75. The number of carbonyl (C=O) groups excluding carboxylic acids is 1. The van der Waals surface area contributed by atoms with Crippen LogP contribution in [0.5, 0.6) is 0 Å². The molecular weight excluding hydrogens is 217 g/mol. The highest BCUT2D eigenvalue weighted by atomic mass is 17.2. The van der Waals surface area contributed by atoms with E-state index in [0.717, 1.165) is 0 Å². The van der Waals surface area contributed by atoms with E-state index in [4.69, 9.17) is 15.4 Å². The van der Waals surface area contributed by atoms with Gasteiger partial charge in [0, 0.05) is 0 Å². The molecule has 1 amide bonds. The second kappa shape index (κ2) is 8.41. The van der Waals surface area contributed by atoms with Gasteiger partial charge in [-0.15, -0.1) is 0 Å². The lowest BCUT2D eigenvalue weighted by Crippen LogP contribution is -2.37. The van der Waals surface area contributed by atoms with Crippen LogP contribution in [0.3, 0.4) is 0 Å².